The SMILES string of the molecule is C=CC(=O)NC(C)C.C=CC(=O)O.C=CC(=O)Oc1ccccc1. The number of aliphatic carboxylic acids is 1. The molecule has 0 saturated heterocycles. The number of hydrogen-bond acceptors (Lipinski definition) is 4. The van der Waals surface area contributed by atoms with Crippen molar-refractivity contribution in [3.05, 3.63) is 68.3 Å². The van der Waals surface area contributed by atoms with Crippen LogP contribution in [0.4, 0.5) is 0 Å². The summed E-state index contributed by atoms with van der Waals surface area (Å²) in [5.41, 5.74) is 0. The molecule has 2 N–H and O–H groups in total. The average Bonchev–Trinajstić information content (AvgIpc) is 2.56. The van der Waals surface area contributed by atoms with Crippen LogP contribution in [0.5, 0.6) is 5.75 Å². The maximum Gasteiger partial charge on any atom is 0.335 e. The highest BCUT2D eigenvalue weighted by molar-refractivity contribution is 5.87. The van der Waals surface area contributed by atoms with Crippen molar-refractivity contribution in [2.45, 2.75) is 19.9 Å². The number of para-hydroxylation sites is 1. The predicted octanol–water partition coefficient (Wildman–Crippen LogP) is 2.73. The minimum Gasteiger partial charge on any atom is -0.478 e. The van der Waals surface area contributed by atoms with Gasteiger partial charge in [-0.15, -0.1) is 0 Å². The first kappa shape index (κ1) is 23.1. The number of rotatable bonds is 5. The van der Waals surface area contributed by atoms with Gasteiger partial charge in [-0.2, -0.15) is 0 Å². The summed E-state index contributed by atoms with van der Waals surface area (Å²) < 4.78 is 4.81. The third-order valence-corrected chi connectivity index (χ3v) is 1.92. The normalized spacial score (nSPS) is 8.29. The summed E-state index contributed by atoms with van der Waals surface area (Å²) in [6.45, 7) is 13.4. The van der Waals surface area contributed by atoms with Gasteiger partial charge in [-0.25, -0.2) is 9.59 Å². The fourth-order valence-corrected chi connectivity index (χ4v) is 0.990. The van der Waals surface area contributed by atoms with Crippen LogP contribution in [-0.4, -0.2) is 29.0 Å². The second kappa shape index (κ2) is 14.8. The predicted molar refractivity (Wildman–Crippen MR) is 93.6 cm³/mol. The van der Waals surface area contributed by atoms with Crippen molar-refractivity contribution in [1.29, 1.82) is 0 Å². The lowest BCUT2D eigenvalue weighted by molar-refractivity contribution is -0.131. The van der Waals surface area contributed by atoms with Crippen LogP contribution in [-0.2, 0) is 14.4 Å². The molecule has 0 radical (unpaired) electrons. The Morgan fingerprint density at radius 1 is 1.04 bits per heavy atom. The fourth-order valence-electron chi connectivity index (χ4n) is 0.990. The molecule has 0 aliphatic rings. The highest BCUT2D eigenvalue weighted by Crippen LogP contribution is 2.07. The summed E-state index contributed by atoms with van der Waals surface area (Å²) in [6.07, 6.45) is 3.23. The molecule has 130 valence electrons. The van der Waals surface area contributed by atoms with E-state index in [0.717, 1.165) is 12.2 Å². The smallest absolute Gasteiger partial charge is 0.335 e. The molecule has 0 saturated carbocycles. The number of amides is 1. The van der Waals surface area contributed by atoms with Crippen LogP contribution in [0, 0.1) is 0 Å². The first-order valence-electron chi connectivity index (χ1n) is 6.94. The third kappa shape index (κ3) is 16.9. The zero-order valence-corrected chi connectivity index (χ0v) is 13.9. The van der Waals surface area contributed by atoms with Gasteiger partial charge >= 0.3 is 11.9 Å². The van der Waals surface area contributed by atoms with E-state index in [1.54, 1.807) is 24.3 Å². The second-order valence-corrected chi connectivity index (χ2v) is 4.35. The van der Waals surface area contributed by atoms with Gasteiger partial charge in [0, 0.05) is 18.2 Å². The number of carboxylic acids is 1. The Balaban J connectivity index is 0. The minimum atomic E-state index is -0.981. The molecule has 1 rings (SSSR count). The standard InChI is InChI=1S/C9H8O2.C6H11NO.C3H4O2/c1-2-9(10)11-8-6-4-3-5-7-8;1-4-6(8)7-5(2)3;1-2-3(4)5/h2-7H,1H2;4-5H,1H2,2-3H3,(H,7,8);2H,1H2,(H,4,5). The number of hydrogen-bond donors (Lipinski definition) is 2. The maximum atomic E-state index is 10.6. The highest BCUT2D eigenvalue weighted by Gasteiger charge is 1.95. The van der Waals surface area contributed by atoms with Gasteiger partial charge < -0.3 is 15.2 Å². The summed E-state index contributed by atoms with van der Waals surface area (Å²) in [5.74, 6) is -0.987. The fraction of sp³-hybridized carbons (Fsp3) is 0.167. The van der Waals surface area contributed by atoms with E-state index in [-0.39, 0.29) is 11.9 Å². The van der Waals surface area contributed by atoms with E-state index in [9.17, 15) is 14.4 Å². The van der Waals surface area contributed by atoms with Gasteiger partial charge in [-0.05, 0) is 32.1 Å². The van der Waals surface area contributed by atoms with E-state index in [2.05, 4.69) is 25.1 Å². The molecule has 0 aromatic heterocycles. The van der Waals surface area contributed by atoms with Crippen molar-refractivity contribution < 1.29 is 24.2 Å². The number of benzene rings is 1. The third-order valence-electron chi connectivity index (χ3n) is 1.92. The van der Waals surface area contributed by atoms with Crippen LogP contribution < -0.4 is 10.1 Å². The number of ether oxygens (including phenoxy) is 1. The van der Waals surface area contributed by atoms with E-state index in [4.69, 9.17) is 9.84 Å². The molecule has 0 fully saturated rings. The van der Waals surface area contributed by atoms with Crippen molar-refractivity contribution >= 4 is 17.8 Å². The lowest BCUT2D eigenvalue weighted by Gasteiger charge is -2.02. The Morgan fingerprint density at radius 3 is 1.83 bits per heavy atom. The quantitative estimate of drug-likeness (QED) is 0.491. The van der Waals surface area contributed by atoms with Crippen molar-refractivity contribution in [3.63, 3.8) is 0 Å². The molecule has 1 aromatic rings. The maximum absolute atomic E-state index is 10.6. The summed E-state index contributed by atoms with van der Waals surface area (Å²) >= 11 is 0. The lowest BCUT2D eigenvalue weighted by atomic mass is 10.3. The van der Waals surface area contributed by atoms with Gasteiger partial charge in [-0.3, -0.25) is 4.79 Å². The molecule has 1 amide bonds. The second-order valence-electron chi connectivity index (χ2n) is 4.35. The van der Waals surface area contributed by atoms with E-state index in [1.807, 2.05) is 19.9 Å². The Labute approximate surface area is 142 Å². The van der Waals surface area contributed by atoms with E-state index < -0.39 is 11.9 Å². The lowest BCUT2D eigenvalue weighted by Crippen LogP contribution is -2.27. The van der Waals surface area contributed by atoms with Crippen LogP contribution in [0.1, 0.15) is 13.8 Å². The van der Waals surface area contributed by atoms with Crippen molar-refractivity contribution in [3.8, 4) is 5.75 Å². The van der Waals surface area contributed by atoms with Crippen molar-refractivity contribution in [2.75, 3.05) is 0 Å². The van der Waals surface area contributed by atoms with E-state index in [1.165, 1.54) is 6.08 Å². The first-order valence-corrected chi connectivity index (χ1v) is 6.94. The number of carbonyl (C=O) groups excluding carboxylic acids is 2. The largest absolute Gasteiger partial charge is 0.478 e. The molecule has 0 aliphatic carbocycles. The summed E-state index contributed by atoms with van der Waals surface area (Å²) in [5, 5.41) is 10.2. The van der Waals surface area contributed by atoms with Gasteiger partial charge in [-0.1, -0.05) is 37.9 Å². The Bertz CT molecular complexity index is 550. The average molecular weight is 333 g/mol. The highest BCUT2D eigenvalue weighted by atomic mass is 16.5. The summed E-state index contributed by atoms with van der Waals surface area (Å²) in [7, 11) is 0. The van der Waals surface area contributed by atoms with Gasteiger partial charge in [0.05, 0.1) is 0 Å². The molecule has 0 spiro atoms. The van der Waals surface area contributed by atoms with Gasteiger partial charge in [0.1, 0.15) is 5.75 Å². The van der Waals surface area contributed by atoms with Crippen LogP contribution >= 0.6 is 0 Å². The molecule has 6 nitrogen and oxygen atoms in total. The molecular formula is C18H23NO5. The van der Waals surface area contributed by atoms with E-state index >= 15 is 0 Å². The molecule has 0 heterocycles. The number of esters is 1. The number of carbonyl (C=O) groups is 3. The van der Waals surface area contributed by atoms with Crippen LogP contribution in [0.3, 0.4) is 0 Å². The van der Waals surface area contributed by atoms with Crippen molar-refractivity contribution in [1.82, 2.24) is 5.32 Å². The molecule has 1 aromatic carbocycles. The first-order chi connectivity index (χ1) is 11.3. The molecule has 6 heteroatoms. The van der Waals surface area contributed by atoms with Gasteiger partial charge in [0.2, 0.25) is 5.91 Å². The zero-order valence-electron chi connectivity index (χ0n) is 13.9. The van der Waals surface area contributed by atoms with Gasteiger partial charge in [0.15, 0.2) is 0 Å². The summed E-state index contributed by atoms with van der Waals surface area (Å²) in [6, 6.07) is 9.08. The van der Waals surface area contributed by atoms with Crippen LogP contribution in [0.25, 0.3) is 0 Å². The Kier molecular flexibility index (Phi) is 14.2. The number of nitrogens with one attached hydrogen (secondary N) is 1. The van der Waals surface area contributed by atoms with E-state index in [0.29, 0.717) is 5.75 Å². The van der Waals surface area contributed by atoms with Gasteiger partial charge in [0.25, 0.3) is 0 Å². The summed E-state index contributed by atoms with van der Waals surface area (Å²) in [4.78, 5) is 30.3. The molecule has 0 bridgehead atoms. The Hall–Kier alpha value is -3.15. The van der Waals surface area contributed by atoms with Crippen molar-refractivity contribution in [2.24, 2.45) is 0 Å². The molecule has 24 heavy (non-hydrogen) atoms. The number of carboxylic acid groups (broad SMARTS) is 1. The topological polar surface area (TPSA) is 92.7 Å². The molecular weight excluding hydrogens is 310 g/mol. The minimum absolute atomic E-state index is 0.111. The van der Waals surface area contributed by atoms with Crippen LogP contribution in [0.2, 0.25) is 0 Å². The van der Waals surface area contributed by atoms with Crippen LogP contribution in [0.15, 0.2) is 68.3 Å². The molecule has 0 atom stereocenters. The molecule has 0 aliphatic heterocycles. The zero-order chi connectivity index (χ0) is 19.0. The Morgan fingerprint density at radius 2 is 1.54 bits per heavy atom. The monoisotopic (exact) mass is 333 g/mol. The molecule has 0 unspecified atom stereocenters.